The molecule has 0 amide bonds. The number of carbonyl (C=O) groups excluding carboxylic acids is 1. The van der Waals surface area contributed by atoms with Crippen molar-refractivity contribution in [3.8, 4) is 0 Å². The van der Waals surface area contributed by atoms with Crippen LogP contribution in [0.25, 0.3) is 0 Å². The highest BCUT2D eigenvalue weighted by Crippen LogP contribution is 2.14. The van der Waals surface area contributed by atoms with Gasteiger partial charge in [-0.2, -0.15) is 0 Å². The van der Waals surface area contributed by atoms with Gasteiger partial charge in [0.05, 0.1) is 0 Å². The van der Waals surface area contributed by atoms with Gasteiger partial charge in [-0.05, 0) is 12.8 Å². The lowest BCUT2D eigenvalue weighted by Crippen LogP contribution is -2.20. The SMILES string of the molecule is CCCC(CCC)C(=O)O[N+](=O)[O-]. The van der Waals surface area contributed by atoms with Crippen LogP contribution < -0.4 is 0 Å². The topological polar surface area (TPSA) is 69.4 Å². The minimum atomic E-state index is -1.04. The third-order valence-corrected chi connectivity index (χ3v) is 1.77. The van der Waals surface area contributed by atoms with E-state index in [1.807, 2.05) is 13.8 Å². The van der Waals surface area contributed by atoms with Crippen molar-refractivity contribution in [2.24, 2.45) is 5.92 Å². The maximum Gasteiger partial charge on any atom is 0.306 e. The Morgan fingerprint density at radius 2 is 1.85 bits per heavy atom. The Kier molecular flexibility index (Phi) is 5.84. The van der Waals surface area contributed by atoms with Gasteiger partial charge < -0.3 is 0 Å². The van der Waals surface area contributed by atoms with Crippen LogP contribution in [0.4, 0.5) is 0 Å². The molecule has 0 aliphatic heterocycles. The average molecular weight is 189 g/mol. The van der Waals surface area contributed by atoms with Gasteiger partial charge in [-0.1, -0.05) is 26.7 Å². The lowest BCUT2D eigenvalue weighted by molar-refractivity contribution is -0.730. The zero-order chi connectivity index (χ0) is 10.3. The van der Waals surface area contributed by atoms with Gasteiger partial charge in [-0.25, -0.2) is 4.84 Å². The van der Waals surface area contributed by atoms with Gasteiger partial charge in [-0.15, -0.1) is 10.1 Å². The third-order valence-electron chi connectivity index (χ3n) is 1.77. The molecule has 0 aromatic rings. The number of rotatable bonds is 6. The normalized spacial score (nSPS) is 10.1. The fourth-order valence-corrected chi connectivity index (χ4v) is 1.22. The molecule has 0 spiro atoms. The summed E-state index contributed by atoms with van der Waals surface area (Å²) in [4.78, 5) is 24.9. The van der Waals surface area contributed by atoms with E-state index in [0.717, 1.165) is 12.8 Å². The average Bonchev–Trinajstić information content (AvgIpc) is 2.02. The zero-order valence-electron chi connectivity index (χ0n) is 7.99. The Bertz CT molecular complexity index is 175. The van der Waals surface area contributed by atoms with Crippen molar-refractivity contribution in [2.75, 3.05) is 0 Å². The summed E-state index contributed by atoms with van der Waals surface area (Å²) in [6.45, 7) is 3.87. The van der Waals surface area contributed by atoms with Crippen molar-refractivity contribution in [3.05, 3.63) is 10.1 Å². The van der Waals surface area contributed by atoms with Crippen LogP contribution in [0.1, 0.15) is 39.5 Å². The summed E-state index contributed by atoms with van der Waals surface area (Å²) in [7, 11) is 0. The van der Waals surface area contributed by atoms with Crippen LogP contribution in [0.5, 0.6) is 0 Å². The molecule has 0 heterocycles. The summed E-state index contributed by atoms with van der Waals surface area (Å²) in [5.74, 6) is -1.03. The van der Waals surface area contributed by atoms with Gasteiger partial charge in [0, 0.05) is 5.92 Å². The second kappa shape index (κ2) is 6.39. The van der Waals surface area contributed by atoms with Crippen molar-refractivity contribution in [1.29, 1.82) is 0 Å². The first-order chi connectivity index (χ1) is 6.11. The molecule has 0 atom stereocenters. The van der Waals surface area contributed by atoms with Crippen LogP contribution in [0, 0.1) is 16.0 Å². The monoisotopic (exact) mass is 189 g/mol. The summed E-state index contributed by atoms with van der Waals surface area (Å²) in [5, 5.41) is 8.84. The van der Waals surface area contributed by atoms with E-state index in [9.17, 15) is 14.9 Å². The summed E-state index contributed by atoms with van der Waals surface area (Å²) < 4.78 is 0. The number of hydrogen-bond acceptors (Lipinski definition) is 4. The molecule has 13 heavy (non-hydrogen) atoms. The largest absolute Gasteiger partial charge is 0.306 e. The first-order valence-electron chi connectivity index (χ1n) is 4.48. The highest BCUT2D eigenvalue weighted by Gasteiger charge is 2.19. The standard InChI is InChI=1S/C8H15NO4/c1-3-5-7(6-4-2)8(10)13-9(11)12/h7H,3-6H2,1-2H3. The van der Waals surface area contributed by atoms with E-state index in [1.54, 1.807) is 0 Å². The number of carbonyl (C=O) groups is 1. The van der Waals surface area contributed by atoms with E-state index in [2.05, 4.69) is 4.84 Å². The van der Waals surface area contributed by atoms with Crippen molar-refractivity contribution >= 4 is 5.97 Å². The first kappa shape index (κ1) is 11.9. The second-order valence-corrected chi connectivity index (χ2v) is 2.91. The smallest absolute Gasteiger partial charge is 0.268 e. The first-order valence-corrected chi connectivity index (χ1v) is 4.48. The van der Waals surface area contributed by atoms with E-state index < -0.39 is 11.1 Å². The van der Waals surface area contributed by atoms with Crippen LogP contribution in [0.3, 0.4) is 0 Å². The van der Waals surface area contributed by atoms with Gasteiger partial charge in [-0.3, -0.25) is 4.79 Å². The lowest BCUT2D eigenvalue weighted by Gasteiger charge is -2.10. The summed E-state index contributed by atoms with van der Waals surface area (Å²) in [6.07, 6.45) is 2.97. The lowest BCUT2D eigenvalue weighted by atomic mass is 9.99. The highest BCUT2D eigenvalue weighted by molar-refractivity contribution is 5.71. The quantitative estimate of drug-likeness (QED) is 0.473. The van der Waals surface area contributed by atoms with E-state index >= 15 is 0 Å². The minimum Gasteiger partial charge on any atom is -0.268 e. The van der Waals surface area contributed by atoms with Crippen molar-refractivity contribution in [2.45, 2.75) is 39.5 Å². The molecule has 5 heteroatoms. The summed E-state index contributed by atoms with van der Waals surface area (Å²) in [5.41, 5.74) is 0. The second-order valence-electron chi connectivity index (χ2n) is 2.91. The van der Waals surface area contributed by atoms with Crippen molar-refractivity contribution in [3.63, 3.8) is 0 Å². The molecule has 5 nitrogen and oxygen atoms in total. The molecule has 0 rings (SSSR count). The van der Waals surface area contributed by atoms with Crippen LogP contribution in [-0.2, 0) is 9.63 Å². The molecule has 0 aromatic carbocycles. The van der Waals surface area contributed by atoms with Gasteiger partial charge >= 0.3 is 11.1 Å². The van der Waals surface area contributed by atoms with Gasteiger partial charge in [0.15, 0.2) is 0 Å². The Balaban J connectivity index is 4.02. The predicted molar refractivity (Wildman–Crippen MR) is 46.4 cm³/mol. The van der Waals surface area contributed by atoms with E-state index in [1.165, 1.54) is 0 Å². The number of hydrogen-bond donors (Lipinski definition) is 0. The van der Waals surface area contributed by atoms with Gasteiger partial charge in [0.2, 0.25) is 0 Å². The maximum absolute atomic E-state index is 11.1. The van der Waals surface area contributed by atoms with Gasteiger partial charge in [0.25, 0.3) is 0 Å². The maximum atomic E-state index is 11.1. The molecule has 0 aliphatic rings. The van der Waals surface area contributed by atoms with Crippen LogP contribution in [-0.4, -0.2) is 11.1 Å². The van der Waals surface area contributed by atoms with Crippen LogP contribution in [0.2, 0.25) is 0 Å². The van der Waals surface area contributed by atoms with Gasteiger partial charge in [0.1, 0.15) is 0 Å². The Hall–Kier alpha value is -1.13. The molecule has 0 radical (unpaired) electrons. The molecular weight excluding hydrogens is 174 g/mol. The molecule has 0 aliphatic carbocycles. The zero-order valence-corrected chi connectivity index (χ0v) is 7.99. The van der Waals surface area contributed by atoms with Crippen molar-refractivity contribution < 1.29 is 14.7 Å². The highest BCUT2D eigenvalue weighted by atomic mass is 17.0. The summed E-state index contributed by atoms with van der Waals surface area (Å²) in [6, 6.07) is 0. The van der Waals surface area contributed by atoms with E-state index in [4.69, 9.17) is 0 Å². The molecule has 0 bridgehead atoms. The van der Waals surface area contributed by atoms with Crippen molar-refractivity contribution in [1.82, 2.24) is 0 Å². The molecule has 76 valence electrons. The molecule has 0 saturated heterocycles. The molecule has 0 fully saturated rings. The minimum absolute atomic E-state index is 0.319. The van der Waals surface area contributed by atoms with Crippen LogP contribution in [0.15, 0.2) is 0 Å². The Morgan fingerprint density at radius 3 is 2.15 bits per heavy atom. The number of nitrogens with zero attached hydrogens (tertiary/aromatic N) is 1. The fraction of sp³-hybridized carbons (Fsp3) is 0.875. The fourth-order valence-electron chi connectivity index (χ4n) is 1.22. The van der Waals surface area contributed by atoms with E-state index in [0.29, 0.717) is 12.8 Å². The molecule has 0 N–H and O–H groups in total. The van der Waals surface area contributed by atoms with Crippen LogP contribution >= 0.6 is 0 Å². The molecule has 0 aromatic heterocycles. The Morgan fingerprint density at radius 1 is 1.38 bits per heavy atom. The molecule has 0 unspecified atom stereocenters. The summed E-state index contributed by atoms with van der Waals surface area (Å²) >= 11 is 0. The predicted octanol–water partition coefficient (Wildman–Crippen LogP) is 1.94. The van der Waals surface area contributed by atoms with E-state index in [-0.39, 0.29) is 5.92 Å². The molecule has 0 saturated carbocycles. The Labute approximate surface area is 77.2 Å². The third kappa shape index (κ3) is 5.16. The molecular formula is C8H15NO4.